The van der Waals surface area contributed by atoms with Crippen molar-refractivity contribution in [1.82, 2.24) is 10.3 Å². The van der Waals surface area contributed by atoms with Gasteiger partial charge in [0.1, 0.15) is 5.82 Å². The Labute approximate surface area is 157 Å². The van der Waals surface area contributed by atoms with E-state index in [0.717, 1.165) is 11.1 Å². The summed E-state index contributed by atoms with van der Waals surface area (Å²) < 4.78 is 24.1. The van der Waals surface area contributed by atoms with Gasteiger partial charge >= 0.3 is 0 Å². The second kappa shape index (κ2) is 9.09. The zero-order valence-electron chi connectivity index (χ0n) is 15.0. The molecule has 1 N–H and O–H groups in total. The van der Waals surface area contributed by atoms with Gasteiger partial charge in [-0.2, -0.15) is 0 Å². The molecule has 1 heterocycles. The first-order valence-electron chi connectivity index (χ1n) is 8.71. The molecule has 0 radical (unpaired) electrons. The van der Waals surface area contributed by atoms with Gasteiger partial charge in [-0.3, -0.25) is 4.79 Å². The van der Waals surface area contributed by atoms with Gasteiger partial charge in [0.25, 0.3) is 0 Å². The normalized spacial score (nSPS) is 11.9. The van der Waals surface area contributed by atoms with Crippen LogP contribution < -0.4 is 5.32 Å². The number of methoxy groups -OCH3 is 1. The Balaban J connectivity index is 1.48. The summed E-state index contributed by atoms with van der Waals surface area (Å²) in [6, 6.07) is 15.7. The average Bonchev–Trinajstić information content (AvgIpc) is 3.17. The number of nitrogens with zero attached hydrogens (tertiary/aromatic N) is 1. The minimum Gasteiger partial charge on any atom is -0.441 e. The number of oxazole rings is 1. The van der Waals surface area contributed by atoms with E-state index in [9.17, 15) is 9.18 Å². The molecule has 140 valence electrons. The molecule has 27 heavy (non-hydrogen) atoms. The van der Waals surface area contributed by atoms with Crippen molar-refractivity contribution in [2.24, 2.45) is 0 Å². The van der Waals surface area contributed by atoms with Crippen LogP contribution in [0.5, 0.6) is 0 Å². The molecule has 0 bridgehead atoms. The van der Waals surface area contributed by atoms with Gasteiger partial charge in [0, 0.05) is 32.1 Å². The fraction of sp³-hybridized carbons (Fsp3) is 0.238. The van der Waals surface area contributed by atoms with Gasteiger partial charge in [-0.15, -0.1) is 0 Å². The monoisotopic (exact) mass is 368 g/mol. The van der Waals surface area contributed by atoms with Crippen LogP contribution in [-0.2, 0) is 16.0 Å². The number of carbonyl (C=O) groups excluding carboxylic acids is 1. The lowest BCUT2D eigenvalue weighted by atomic mass is 10.1. The first-order valence-corrected chi connectivity index (χ1v) is 8.71. The number of hydrogen-bond donors (Lipinski definition) is 1. The summed E-state index contributed by atoms with van der Waals surface area (Å²) in [5.41, 5.74) is 1.75. The number of halogens is 1. The molecule has 0 spiro atoms. The van der Waals surface area contributed by atoms with Crippen molar-refractivity contribution in [3.63, 3.8) is 0 Å². The van der Waals surface area contributed by atoms with E-state index in [1.165, 1.54) is 12.1 Å². The lowest BCUT2D eigenvalue weighted by molar-refractivity contribution is -0.121. The SMILES string of the molecule is COC(CNC(=O)CCc1ncc(-c2ccc(F)cc2)o1)c1ccccc1. The summed E-state index contributed by atoms with van der Waals surface area (Å²) in [5.74, 6) is 0.610. The highest BCUT2D eigenvalue weighted by Gasteiger charge is 2.13. The topological polar surface area (TPSA) is 64.4 Å². The Hall–Kier alpha value is -2.99. The molecule has 1 amide bonds. The van der Waals surface area contributed by atoms with Crippen LogP contribution in [0.3, 0.4) is 0 Å². The molecular weight excluding hydrogens is 347 g/mol. The Bertz CT molecular complexity index is 863. The van der Waals surface area contributed by atoms with Crippen LogP contribution in [0.4, 0.5) is 4.39 Å². The van der Waals surface area contributed by atoms with Crippen molar-refractivity contribution in [3.05, 3.63) is 78.1 Å². The minimum atomic E-state index is -0.306. The predicted molar refractivity (Wildman–Crippen MR) is 99.4 cm³/mol. The number of rotatable bonds is 8. The molecule has 0 fully saturated rings. The second-order valence-corrected chi connectivity index (χ2v) is 6.06. The predicted octanol–water partition coefficient (Wildman–Crippen LogP) is 3.92. The van der Waals surface area contributed by atoms with Crippen LogP contribution in [0.15, 0.2) is 65.2 Å². The van der Waals surface area contributed by atoms with Crippen LogP contribution in [0.2, 0.25) is 0 Å². The summed E-state index contributed by atoms with van der Waals surface area (Å²) in [5, 5.41) is 2.87. The highest BCUT2D eigenvalue weighted by atomic mass is 19.1. The van der Waals surface area contributed by atoms with Crippen molar-refractivity contribution in [1.29, 1.82) is 0 Å². The molecule has 1 aromatic heterocycles. The van der Waals surface area contributed by atoms with E-state index in [-0.39, 0.29) is 24.2 Å². The molecule has 5 nitrogen and oxygen atoms in total. The van der Waals surface area contributed by atoms with Crippen LogP contribution in [0.25, 0.3) is 11.3 Å². The van der Waals surface area contributed by atoms with Gasteiger partial charge in [0.15, 0.2) is 11.7 Å². The van der Waals surface area contributed by atoms with Crippen molar-refractivity contribution < 1.29 is 18.3 Å². The van der Waals surface area contributed by atoms with E-state index < -0.39 is 0 Å². The molecule has 1 atom stereocenters. The molecule has 0 aliphatic rings. The van der Waals surface area contributed by atoms with Gasteiger partial charge in [0.05, 0.1) is 12.3 Å². The Morgan fingerprint density at radius 2 is 1.93 bits per heavy atom. The van der Waals surface area contributed by atoms with Gasteiger partial charge in [-0.05, 0) is 29.8 Å². The van der Waals surface area contributed by atoms with Crippen molar-refractivity contribution in [2.45, 2.75) is 18.9 Å². The van der Waals surface area contributed by atoms with E-state index in [2.05, 4.69) is 10.3 Å². The van der Waals surface area contributed by atoms with Gasteiger partial charge < -0.3 is 14.5 Å². The fourth-order valence-electron chi connectivity index (χ4n) is 2.69. The maximum absolute atomic E-state index is 13.0. The Kier molecular flexibility index (Phi) is 6.33. The van der Waals surface area contributed by atoms with Gasteiger partial charge in [-0.25, -0.2) is 9.37 Å². The van der Waals surface area contributed by atoms with Crippen LogP contribution in [-0.4, -0.2) is 24.5 Å². The first kappa shape index (κ1) is 18.8. The largest absolute Gasteiger partial charge is 0.441 e. The fourth-order valence-corrected chi connectivity index (χ4v) is 2.69. The first-order chi connectivity index (χ1) is 13.2. The summed E-state index contributed by atoms with van der Waals surface area (Å²) in [6.07, 6.45) is 2.03. The zero-order chi connectivity index (χ0) is 19.1. The number of benzene rings is 2. The van der Waals surface area contributed by atoms with Crippen molar-refractivity contribution in [2.75, 3.05) is 13.7 Å². The number of carbonyl (C=O) groups is 1. The minimum absolute atomic E-state index is 0.102. The number of hydrogen-bond acceptors (Lipinski definition) is 4. The lowest BCUT2D eigenvalue weighted by Gasteiger charge is -2.16. The number of nitrogens with one attached hydrogen (secondary N) is 1. The van der Waals surface area contributed by atoms with E-state index in [4.69, 9.17) is 9.15 Å². The summed E-state index contributed by atoms with van der Waals surface area (Å²) in [6.45, 7) is 0.395. The van der Waals surface area contributed by atoms with E-state index in [1.54, 1.807) is 25.4 Å². The zero-order valence-corrected chi connectivity index (χ0v) is 15.0. The molecule has 0 aliphatic heterocycles. The highest BCUT2D eigenvalue weighted by molar-refractivity contribution is 5.76. The Morgan fingerprint density at radius 3 is 2.63 bits per heavy atom. The van der Waals surface area contributed by atoms with Gasteiger partial charge in [-0.1, -0.05) is 30.3 Å². The summed E-state index contributed by atoms with van der Waals surface area (Å²) in [4.78, 5) is 16.3. The number of aryl methyl sites for hydroxylation is 1. The molecular formula is C21H21FN2O3. The molecule has 0 aliphatic carbocycles. The van der Waals surface area contributed by atoms with Gasteiger partial charge in [0.2, 0.25) is 5.91 Å². The quantitative estimate of drug-likeness (QED) is 0.655. The molecule has 3 rings (SSSR count). The third kappa shape index (κ3) is 5.24. The molecule has 1 unspecified atom stereocenters. The van der Waals surface area contributed by atoms with E-state index in [1.807, 2.05) is 30.3 Å². The molecule has 2 aromatic carbocycles. The smallest absolute Gasteiger partial charge is 0.220 e. The van der Waals surface area contributed by atoms with Crippen molar-refractivity contribution >= 4 is 5.91 Å². The lowest BCUT2D eigenvalue weighted by Crippen LogP contribution is -2.29. The van der Waals surface area contributed by atoms with Crippen LogP contribution in [0.1, 0.15) is 24.0 Å². The molecule has 0 saturated carbocycles. The maximum Gasteiger partial charge on any atom is 0.220 e. The van der Waals surface area contributed by atoms with Crippen molar-refractivity contribution in [3.8, 4) is 11.3 Å². The highest BCUT2D eigenvalue weighted by Crippen LogP contribution is 2.21. The van der Waals surface area contributed by atoms with E-state index >= 15 is 0 Å². The molecule has 6 heteroatoms. The number of amides is 1. The van der Waals surface area contributed by atoms with Crippen LogP contribution >= 0.6 is 0 Å². The number of ether oxygens (including phenoxy) is 1. The molecule has 3 aromatic rings. The molecule has 0 saturated heterocycles. The van der Waals surface area contributed by atoms with E-state index in [0.29, 0.717) is 24.6 Å². The standard InChI is InChI=1S/C21H21FN2O3/c1-26-18(15-5-3-2-4-6-15)13-23-20(25)11-12-21-24-14-19(27-21)16-7-9-17(22)10-8-16/h2-10,14,18H,11-13H2,1H3,(H,23,25). The average molecular weight is 368 g/mol. The second-order valence-electron chi connectivity index (χ2n) is 6.06. The Morgan fingerprint density at radius 1 is 1.19 bits per heavy atom. The third-order valence-electron chi connectivity index (χ3n) is 4.19. The summed E-state index contributed by atoms with van der Waals surface area (Å²) >= 11 is 0. The van der Waals surface area contributed by atoms with Crippen LogP contribution in [0, 0.1) is 5.82 Å². The number of aromatic nitrogens is 1. The third-order valence-corrected chi connectivity index (χ3v) is 4.19. The summed E-state index contributed by atoms with van der Waals surface area (Å²) in [7, 11) is 1.62. The maximum atomic E-state index is 13.0.